The zero-order chi connectivity index (χ0) is 27.7. The van der Waals surface area contributed by atoms with Gasteiger partial charge in [0.15, 0.2) is 0 Å². The van der Waals surface area contributed by atoms with Gasteiger partial charge in [-0.3, -0.25) is 14.6 Å². The number of piperidine rings is 1. The molecule has 36 heavy (non-hydrogen) atoms. The number of hydrogen-bond donors (Lipinski definition) is 2. The van der Waals surface area contributed by atoms with E-state index in [1.165, 1.54) is 4.88 Å². The molecule has 2 fully saturated rings. The van der Waals surface area contributed by atoms with Gasteiger partial charge in [-0.05, 0) is 31.3 Å². The van der Waals surface area contributed by atoms with Crippen LogP contribution in [0, 0.1) is 0 Å². The Morgan fingerprint density at radius 2 is 1.56 bits per heavy atom. The second-order valence-corrected chi connectivity index (χ2v) is 8.99. The first-order valence-electron chi connectivity index (χ1n) is 10.5. The standard InChI is InChI=1S/C17H25N3OS.2C2HF3O2/c1-3-8-20-12-11-18(2)17(16(20)21)6-9-19(10-7-17)14-15-5-4-13-22-15;2*3-2(4,5)1(6)7/h3-5,13H,1,6-12,14H2,2H3;2*(H,6,7). The van der Waals surface area contributed by atoms with Gasteiger partial charge in [-0.1, -0.05) is 12.1 Å². The van der Waals surface area contributed by atoms with Crippen LogP contribution in [0.4, 0.5) is 26.3 Å². The molecule has 1 amide bonds. The van der Waals surface area contributed by atoms with Crippen LogP contribution in [0.15, 0.2) is 30.2 Å². The Morgan fingerprint density at radius 1 is 1.06 bits per heavy atom. The second kappa shape index (κ2) is 13.1. The first-order chi connectivity index (χ1) is 16.5. The minimum absolute atomic E-state index is 0.285. The van der Waals surface area contributed by atoms with Gasteiger partial charge in [0.25, 0.3) is 0 Å². The highest BCUT2D eigenvalue weighted by Crippen LogP contribution is 2.33. The molecule has 3 heterocycles. The molecule has 2 aliphatic rings. The molecule has 1 aromatic rings. The highest BCUT2D eigenvalue weighted by atomic mass is 32.1. The molecule has 2 N–H and O–H groups in total. The monoisotopic (exact) mass is 547 g/mol. The molecule has 15 heteroatoms. The number of rotatable bonds is 4. The molecule has 1 spiro atoms. The lowest BCUT2D eigenvalue weighted by Crippen LogP contribution is -2.67. The largest absolute Gasteiger partial charge is 0.490 e. The van der Waals surface area contributed by atoms with E-state index in [2.05, 4.69) is 40.9 Å². The Kier molecular flexibility index (Phi) is 11.4. The number of hydrogen-bond acceptors (Lipinski definition) is 6. The lowest BCUT2D eigenvalue weighted by atomic mass is 9.82. The third-order valence-corrected chi connectivity index (χ3v) is 6.46. The Labute approximate surface area is 207 Å². The third-order valence-electron chi connectivity index (χ3n) is 5.60. The number of aliphatic carboxylic acids is 2. The van der Waals surface area contributed by atoms with Gasteiger partial charge < -0.3 is 15.1 Å². The Morgan fingerprint density at radius 3 is 1.94 bits per heavy atom. The SMILES string of the molecule is C=CCN1CCN(C)C2(CCN(Cc3cccs3)CC2)C1=O.O=C(O)C(F)(F)F.O=C(O)C(F)(F)F. The maximum Gasteiger partial charge on any atom is 0.490 e. The van der Waals surface area contributed by atoms with Crippen LogP contribution in [0.2, 0.25) is 0 Å². The zero-order valence-corrected chi connectivity index (χ0v) is 20.1. The van der Waals surface area contributed by atoms with Gasteiger partial charge in [0.2, 0.25) is 5.91 Å². The van der Waals surface area contributed by atoms with Crippen LogP contribution in [-0.2, 0) is 20.9 Å². The van der Waals surface area contributed by atoms with Crippen molar-refractivity contribution in [2.45, 2.75) is 37.3 Å². The van der Waals surface area contributed by atoms with E-state index in [0.717, 1.165) is 45.6 Å². The van der Waals surface area contributed by atoms with Crippen molar-refractivity contribution in [3.8, 4) is 0 Å². The summed E-state index contributed by atoms with van der Waals surface area (Å²) < 4.78 is 63.5. The van der Waals surface area contributed by atoms with Crippen molar-refractivity contribution in [3.63, 3.8) is 0 Å². The van der Waals surface area contributed by atoms with E-state index in [1.54, 1.807) is 0 Å². The number of nitrogens with zero attached hydrogens (tertiary/aromatic N) is 3. The Balaban J connectivity index is 0.000000383. The lowest BCUT2D eigenvalue weighted by molar-refractivity contribution is -0.193. The maximum absolute atomic E-state index is 12.9. The summed E-state index contributed by atoms with van der Waals surface area (Å²) in [4.78, 5) is 38.9. The second-order valence-electron chi connectivity index (χ2n) is 7.95. The number of amides is 1. The number of carboxylic acid groups (broad SMARTS) is 2. The number of carbonyl (C=O) groups excluding carboxylic acids is 1. The number of thiophene rings is 1. The predicted molar refractivity (Wildman–Crippen MR) is 118 cm³/mol. The summed E-state index contributed by atoms with van der Waals surface area (Å²) in [6.45, 7) is 9.25. The molecule has 0 radical (unpaired) electrons. The van der Waals surface area contributed by atoms with Gasteiger partial charge in [-0.25, -0.2) is 9.59 Å². The molecule has 2 saturated heterocycles. The fraction of sp³-hybridized carbons (Fsp3) is 0.571. The molecule has 204 valence electrons. The number of likely N-dealkylation sites (N-methyl/N-ethyl adjacent to an activating group) is 1. The van der Waals surface area contributed by atoms with Gasteiger partial charge in [0, 0.05) is 44.1 Å². The molecule has 0 aliphatic carbocycles. The quantitative estimate of drug-likeness (QED) is 0.441. The molecule has 0 aromatic carbocycles. The van der Waals surface area contributed by atoms with Crippen LogP contribution in [0.1, 0.15) is 17.7 Å². The Bertz CT molecular complexity index is 860. The first kappa shape index (κ1) is 31.4. The molecular formula is C21H27F6N3O5S. The normalized spacial score (nSPS) is 18.5. The van der Waals surface area contributed by atoms with E-state index in [-0.39, 0.29) is 5.54 Å². The van der Waals surface area contributed by atoms with Crippen molar-refractivity contribution in [1.82, 2.24) is 14.7 Å². The minimum Gasteiger partial charge on any atom is -0.475 e. The summed E-state index contributed by atoms with van der Waals surface area (Å²) in [7, 11) is 2.11. The van der Waals surface area contributed by atoms with Crippen LogP contribution in [0.5, 0.6) is 0 Å². The summed E-state index contributed by atoms with van der Waals surface area (Å²) in [6.07, 6.45) is -6.47. The van der Waals surface area contributed by atoms with Crippen LogP contribution < -0.4 is 0 Å². The summed E-state index contributed by atoms with van der Waals surface area (Å²) in [5.41, 5.74) is -0.285. The van der Waals surface area contributed by atoms with Crippen LogP contribution in [0.3, 0.4) is 0 Å². The average molecular weight is 548 g/mol. The van der Waals surface area contributed by atoms with E-state index in [9.17, 15) is 31.1 Å². The lowest BCUT2D eigenvalue weighted by Gasteiger charge is -2.51. The number of alkyl halides is 6. The van der Waals surface area contributed by atoms with Gasteiger partial charge in [0.1, 0.15) is 5.54 Å². The highest BCUT2D eigenvalue weighted by Gasteiger charge is 2.48. The topological polar surface area (TPSA) is 101 Å². The fourth-order valence-corrected chi connectivity index (χ4v) is 4.42. The molecule has 8 nitrogen and oxygen atoms in total. The molecule has 0 atom stereocenters. The summed E-state index contributed by atoms with van der Waals surface area (Å²) in [5.74, 6) is -5.21. The van der Waals surface area contributed by atoms with Gasteiger partial charge in [-0.15, -0.1) is 17.9 Å². The van der Waals surface area contributed by atoms with Crippen LogP contribution in [-0.4, -0.2) is 100 Å². The minimum atomic E-state index is -5.08. The Hall–Kier alpha value is -2.65. The maximum atomic E-state index is 12.9. The number of carboxylic acids is 2. The zero-order valence-electron chi connectivity index (χ0n) is 19.3. The van der Waals surface area contributed by atoms with Crippen molar-refractivity contribution in [3.05, 3.63) is 35.0 Å². The van der Waals surface area contributed by atoms with E-state index in [4.69, 9.17) is 19.8 Å². The van der Waals surface area contributed by atoms with Gasteiger partial charge in [0.05, 0.1) is 0 Å². The number of carbonyl (C=O) groups is 3. The molecule has 0 unspecified atom stereocenters. The number of piperazine rings is 1. The number of halogens is 6. The van der Waals surface area contributed by atoms with Crippen molar-refractivity contribution >= 4 is 29.2 Å². The van der Waals surface area contributed by atoms with Crippen molar-refractivity contribution in [2.24, 2.45) is 0 Å². The van der Waals surface area contributed by atoms with Gasteiger partial charge >= 0.3 is 24.3 Å². The number of likely N-dealkylation sites (tertiary alicyclic amines) is 1. The first-order valence-corrected chi connectivity index (χ1v) is 11.4. The average Bonchev–Trinajstić information content (AvgIpc) is 3.28. The molecule has 0 saturated carbocycles. The van der Waals surface area contributed by atoms with Gasteiger partial charge in [-0.2, -0.15) is 26.3 Å². The van der Waals surface area contributed by atoms with Crippen molar-refractivity contribution in [1.29, 1.82) is 0 Å². The smallest absolute Gasteiger partial charge is 0.475 e. The molecule has 1 aromatic heterocycles. The van der Waals surface area contributed by atoms with Crippen molar-refractivity contribution < 1.29 is 50.9 Å². The molecule has 3 rings (SSSR count). The van der Waals surface area contributed by atoms with E-state index < -0.39 is 24.3 Å². The predicted octanol–water partition coefficient (Wildman–Crippen LogP) is 3.31. The molecule has 0 bridgehead atoms. The molecule has 2 aliphatic heterocycles. The van der Waals surface area contributed by atoms with E-state index in [0.29, 0.717) is 12.5 Å². The van der Waals surface area contributed by atoms with E-state index >= 15 is 0 Å². The van der Waals surface area contributed by atoms with Crippen LogP contribution in [0.25, 0.3) is 0 Å². The summed E-state index contributed by atoms with van der Waals surface area (Å²) in [5, 5.41) is 16.4. The van der Waals surface area contributed by atoms with E-state index in [1.807, 2.05) is 22.3 Å². The summed E-state index contributed by atoms with van der Waals surface area (Å²) >= 11 is 1.81. The third kappa shape index (κ3) is 9.09. The van der Waals surface area contributed by atoms with Crippen molar-refractivity contribution in [2.75, 3.05) is 39.8 Å². The fourth-order valence-electron chi connectivity index (χ4n) is 3.67. The van der Waals surface area contributed by atoms with Crippen LogP contribution >= 0.6 is 11.3 Å². The highest BCUT2D eigenvalue weighted by molar-refractivity contribution is 7.09. The summed E-state index contributed by atoms with van der Waals surface area (Å²) in [6, 6.07) is 4.30. The molecular weight excluding hydrogens is 520 g/mol.